The van der Waals surface area contributed by atoms with E-state index in [1.807, 2.05) is 0 Å². The highest BCUT2D eigenvalue weighted by Gasteiger charge is 2.44. The molecular formula is C59H88N2+2. The van der Waals surface area contributed by atoms with Crippen molar-refractivity contribution in [2.24, 2.45) is 5.92 Å². The van der Waals surface area contributed by atoms with Gasteiger partial charge in [-0.05, 0) is 272 Å². The molecule has 0 amide bonds. The quantitative estimate of drug-likeness (QED) is 0.132. The van der Waals surface area contributed by atoms with Crippen LogP contribution in [0.25, 0.3) is 0 Å². The lowest BCUT2D eigenvalue weighted by atomic mass is 9.76. The minimum absolute atomic E-state index is 0.478. The van der Waals surface area contributed by atoms with Crippen LogP contribution in [0.3, 0.4) is 0 Å². The molecular weight excluding hydrogens is 737 g/mol. The zero-order valence-electron chi connectivity index (χ0n) is 43.4. The fourth-order valence-corrected chi connectivity index (χ4v) is 12.8. The van der Waals surface area contributed by atoms with Crippen molar-refractivity contribution in [3.8, 4) is 0 Å². The predicted molar refractivity (Wildman–Crippen MR) is 266 cm³/mol. The summed E-state index contributed by atoms with van der Waals surface area (Å²) < 4.78 is 2.31. The molecule has 0 radical (unpaired) electrons. The molecule has 2 heterocycles. The number of likely N-dealkylation sites (N-methyl/N-ethyl adjacent to an activating group) is 2. The summed E-state index contributed by atoms with van der Waals surface area (Å²) in [4.78, 5) is 0. The predicted octanol–water partition coefficient (Wildman–Crippen LogP) is 14.3. The van der Waals surface area contributed by atoms with Gasteiger partial charge in [0.1, 0.15) is 12.1 Å². The van der Waals surface area contributed by atoms with Crippen LogP contribution < -0.4 is 0 Å². The van der Waals surface area contributed by atoms with E-state index in [-0.39, 0.29) is 0 Å². The van der Waals surface area contributed by atoms with E-state index in [0.29, 0.717) is 18.0 Å². The average Bonchev–Trinajstić information content (AvgIpc) is 3.23. The third-order valence-corrected chi connectivity index (χ3v) is 19.3. The van der Waals surface area contributed by atoms with Crippen molar-refractivity contribution in [1.82, 2.24) is 0 Å². The molecule has 0 spiro atoms. The van der Waals surface area contributed by atoms with Crippen molar-refractivity contribution < 1.29 is 8.97 Å². The Morgan fingerprint density at radius 2 is 0.672 bits per heavy atom. The Kier molecular flexibility index (Phi) is 13.5. The summed E-state index contributed by atoms with van der Waals surface area (Å²) >= 11 is 0. The molecule has 332 valence electrons. The van der Waals surface area contributed by atoms with Gasteiger partial charge in [-0.3, -0.25) is 0 Å². The van der Waals surface area contributed by atoms with Gasteiger partial charge < -0.3 is 8.97 Å². The Hall–Kier alpha value is -3.20. The number of quaternary nitrogens is 2. The molecule has 2 nitrogen and oxygen atoms in total. The van der Waals surface area contributed by atoms with E-state index in [2.05, 4.69) is 146 Å². The van der Waals surface area contributed by atoms with Crippen LogP contribution in [0.2, 0.25) is 0 Å². The Balaban J connectivity index is 1.27. The van der Waals surface area contributed by atoms with Crippen LogP contribution in [0.15, 0.2) is 0 Å². The van der Waals surface area contributed by atoms with Crippen molar-refractivity contribution in [2.75, 3.05) is 40.3 Å². The normalized spacial score (nSPS) is 21.8. The molecule has 2 aliphatic heterocycles. The maximum Gasteiger partial charge on any atom is 0.119 e. The highest BCUT2D eigenvalue weighted by Crippen LogP contribution is 2.46. The molecule has 0 N–H and O–H groups in total. The SMILES string of the molecule is Cc1c(C)c(C)c(CC2c3c(C)c(C)c(C)c(C)c3CC[N+]2(C)CCCC(C)CC[N+]2(C)CCc3c(C)c(C)c(C)c(C)c3C2Cc2c(C)c(C)c(C)c(C)c2C)c(C)c1C. The first kappa shape index (κ1) is 47.3. The molecule has 0 fully saturated rings. The number of rotatable bonds is 11. The topological polar surface area (TPSA) is 0 Å². The maximum atomic E-state index is 2.64. The van der Waals surface area contributed by atoms with Crippen molar-refractivity contribution in [1.29, 1.82) is 0 Å². The molecule has 5 unspecified atom stereocenters. The molecule has 0 aromatic heterocycles. The van der Waals surface area contributed by atoms with E-state index in [9.17, 15) is 0 Å². The zero-order valence-corrected chi connectivity index (χ0v) is 43.4. The van der Waals surface area contributed by atoms with Crippen LogP contribution in [-0.2, 0) is 25.7 Å². The Morgan fingerprint density at radius 1 is 0.377 bits per heavy atom. The summed E-state index contributed by atoms with van der Waals surface area (Å²) in [5, 5.41) is 0. The second-order valence-electron chi connectivity index (χ2n) is 21.8. The molecule has 5 atom stereocenters. The molecule has 61 heavy (non-hydrogen) atoms. The first-order chi connectivity index (χ1) is 28.4. The summed E-state index contributed by atoms with van der Waals surface area (Å²) in [7, 11) is 5.27. The zero-order chi connectivity index (χ0) is 45.4. The molecule has 0 saturated heterocycles. The molecule has 6 rings (SSSR count). The van der Waals surface area contributed by atoms with E-state index in [1.54, 1.807) is 55.6 Å². The molecule has 2 aliphatic rings. The first-order valence-electron chi connectivity index (χ1n) is 24.4. The number of nitrogens with zero attached hydrogens (tertiary/aromatic N) is 2. The fourth-order valence-electron chi connectivity index (χ4n) is 12.8. The minimum Gasteiger partial charge on any atom is -0.319 e. The van der Waals surface area contributed by atoms with Crippen LogP contribution in [-0.4, -0.2) is 49.2 Å². The standard InChI is InChI=1S/C59H88N2/c1-33(24-28-61(21)30-26-53-45(13)41(9)43(11)51(19)59(53)57(61)32-55-48(16)38(6)35(3)39(7)49(55)17)23-22-27-60(20)29-25-52-44(12)40(8)42(10)50(18)58(52)56(60)31-54-46(14)36(4)34(2)37(5)47(54)15/h33,56-57H,22-32H2,1-21H3/q+2. The van der Waals surface area contributed by atoms with Crippen LogP contribution >= 0.6 is 0 Å². The number of hydrogen-bond donors (Lipinski definition) is 0. The van der Waals surface area contributed by atoms with Crippen molar-refractivity contribution in [3.63, 3.8) is 0 Å². The molecule has 0 bridgehead atoms. The second kappa shape index (κ2) is 17.4. The van der Waals surface area contributed by atoms with Crippen molar-refractivity contribution in [2.45, 2.75) is 189 Å². The number of fused-ring (bicyclic) bond motifs is 2. The number of benzene rings is 4. The van der Waals surface area contributed by atoms with Crippen molar-refractivity contribution >= 4 is 0 Å². The molecule has 4 aromatic carbocycles. The van der Waals surface area contributed by atoms with Gasteiger partial charge in [0.25, 0.3) is 0 Å². The smallest absolute Gasteiger partial charge is 0.119 e. The Labute approximate surface area is 375 Å². The van der Waals surface area contributed by atoms with Gasteiger partial charge in [-0.1, -0.05) is 6.92 Å². The van der Waals surface area contributed by atoms with Gasteiger partial charge in [0, 0.05) is 36.8 Å². The van der Waals surface area contributed by atoms with Gasteiger partial charge in [-0.15, -0.1) is 0 Å². The molecule has 4 aromatic rings. The highest BCUT2D eigenvalue weighted by molar-refractivity contribution is 5.56. The van der Waals surface area contributed by atoms with Gasteiger partial charge in [-0.2, -0.15) is 0 Å². The number of hydrogen-bond acceptors (Lipinski definition) is 0. The Bertz CT molecular complexity index is 2330. The third kappa shape index (κ3) is 8.02. The molecule has 0 aliphatic carbocycles. The monoisotopic (exact) mass is 825 g/mol. The minimum atomic E-state index is 0.478. The van der Waals surface area contributed by atoms with Gasteiger partial charge in [0.2, 0.25) is 0 Å². The van der Waals surface area contributed by atoms with E-state index >= 15 is 0 Å². The Morgan fingerprint density at radius 3 is 1.03 bits per heavy atom. The molecule has 2 heteroatoms. The van der Waals surface area contributed by atoms with E-state index in [4.69, 9.17) is 0 Å². The van der Waals surface area contributed by atoms with Crippen molar-refractivity contribution in [3.05, 3.63) is 134 Å². The van der Waals surface area contributed by atoms with Gasteiger partial charge in [0.05, 0.1) is 40.3 Å². The van der Waals surface area contributed by atoms with Crippen LogP contribution in [0, 0.1) is 131 Å². The lowest BCUT2D eigenvalue weighted by Gasteiger charge is -2.48. The largest absolute Gasteiger partial charge is 0.319 e. The van der Waals surface area contributed by atoms with E-state index < -0.39 is 0 Å². The van der Waals surface area contributed by atoms with Crippen LogP contribution in [0.5, 0.6) is 0 Å². The highest BCUT2D eigenvalue weighted by atomic mass is 15.4. The third-order valence-electron chi connectivity index (χ3n) is 19.3. The first-order valence-corrected chi connectivity index (χ1v) is 24.4. The maximum absolute atomic E-state index is 2.64. The van der Waals surface area contributed by atoms with Crippen LogP contribution in [0.1, 0.15) is 172 Å². The molecule has 0 saturated carbocycles. The summed E-state index contributed by atoms with van der Waals surface area (Å²) in [6.45, 7) is 50.5. The average molecular weight is 825 g/mol. The van der Waals surface area contributed by atoms with Gasteiger partial charge in [0.15, 0.2) is 0 Å². The second-order valence-corrected chi connectivity index (χ2v) is 21.8. The fraction of sp³-hybridized carbons (Fsp3) is 0.593. The summed E-state index contributed by atoms with van der Waals surface area (Å²) in [5.41, 5.74) is 37.2. The summed E-state index contributed by atoms with van der Waals surface area (Å²) in [5.74, 6) is 0.704. The van der Waals surface area contributed by atoms with E-state index in [0.717, 1.165) is 21.8 Å². The lowest BCUT2D eigenvalue weighted by Crippen LogP contribution is -2.53. The summed E-state index contributed by atoms with van der Waals surface area (Å²) in [6.07, 6.45) is 8.57. The van der Waals surface area contributed by atoms with Gasteiger partial charge in [-0.25, -0.2) is 0 Å². The van der Waals surface area contributed by atoms with Crippen LogP contribution in [0.4, 0.5) is 0 Å². The van der Waals surface area contributed by atoms with E-state index in [1.165, 1.54) is 136 Å². The summed E-state index contributed by atoms with van der Waals surface area (Å²) in [6, 6.07) is 0.959. The van der Waals surface area contributed by atoms with Gasteiger partial charge >= 0.3 is 0 Å². The lowest BCUT2D eigenvalue weighted by molar-refractivity contribution is -0.942.